The van der Waals surface area contributed by atoms with Crippen LogP contribution in [0.1, 0.15) is 23.7 Å². The van der Waals surface area contributed by atoms with Gasteiger partial charge in [-0.2, -0.15) is 0 Å². The molecule has 0 fully saturated rings. The second kappa shape index (κ2) is 7.92. The van der Waals surface area contributed by atoms with Crippen LogP contribution >= 0.6 is 31.9 Å². The Bertz CT molecular complexity index is 617. The Kier molecular flexibility index (Phi) is 6.21. The summed E-state index contributed by atoms with van der Waals surface area (Å²) in [6.07, 6.45) is 2.84. The molecule has 1 aromatic carbocycles. The molecule has 0 bridgehead atoms. The number of benzene rings is 1. The molecule has 5 heteroatoms. The number of nitrogens with zero attached hydrogens (tertiary/aromatic N) is 1. The van der Waals surface area contributed by atoms with E-state index in [9.17, 15) is 0 Å². The first-order valence-electron chi connectivity index (χ1n) is 6.81. The first kappa shape index (κ1) is 16.5. The zero-order valence-corrected chi connectivity index (χ0v) is 15.3. The number of rotatable bonds is 6. The molecule has 0 aliphatic carbocycles. The van der Waals surface area contributed by atoms with Crippen LogP contribution in [0.25, 0.3) is 0 Å². The Labute approximate surface area is 142 Å². The number of nitrogens with one attached hydrogen (secondary N) is 1. The second-order valence-electron chi connectivity index (χ2n) is 4.65. The molecule has 0 amide bonds. The number of hydrogen-bond donors (Lipinski definition) is 1. The van der Waals surface area contributed by atoms with Crippen molar-refractivity contribution in [2.45, 2.75) is 26.4 Å². The van der Waals surface area contributed by atoms with Crippen molar-refractivity contribution in [3.8, 4) is 5.75 Å². The van der Waals surface area contributed by atoms with Crippen molar-refractivity contribution in [2.75, 3.05) is 7.11 Å². The van der Waals surface area contributed by atoms with Gasteiger partial charge in [0.2, 0.25) is 0 Å². The number of methoxy groups -OCH3 is 1. The number of ether oxygens (including phenoxy) is 1. The van der Waals surface area contributed by atoms with Gasteiger partial charge >= 0.3 is 0 Å². The van der Waals surface area contributed by atoms with Crippen LogP contribution in [0, 0.1) is 0 Å². The molecule has 0 atom stereocenters. The third-order valence-corrected chi connectivity index (χ3v) is 4.31. The van der Waals surface area contributed by atoms with Crippen molar-refractivity contribution in [3.63, 3.8) is 0 Å². The Morgan fingerprint density at radius 2 is 2.00 bits per heavy atom. The van der Waals surface area contributed by atoms with Crippen LogP contribution in [0.15, 0.2) is 39.4 Å². The van der Waals surface area contributed by atoms with Crippen LogP contribution in [0.3, 0.4) is 0 Å². The molecule has 1 N–H and O–H groups in total. The van der Waals surface area contributed by atoms with E-state index in [1.807, 2.05) is 18.3 Å². The summed E-state index contributed by atoms with van der Waals surface area (Å²) in [5.74, 6) is 0.863. The molecule has 0 spiro atoms. The monoisotopic (exact) mass is 412 g/mol. The van der Waals surface area contributed by atoms with Gasteiger partial charge in [0, 0.05) is 29.3 Å². The van der Waals surface area contributed by atoms with E-state index in [1.165, 1.54) is 5.56 Å². The molecule has 2 rings (SSSR count). The zero-order valence-electron chi connectivity index (χ0n) is 12.1. The molecule has 0 aliphatic heterocycles. The fourth-order valence-corrected chi connectivity index (χ4v) is 3.72. The summed E-state index contributed by atoms with van der Waals surface area (Å²) in [4.78, 5) is 4.45. The van der Waals surface area contributed by atoms with Crippen molar-refractivity contribution in [3.05, 3.63) is 56.2 Å². The summed E-state index contributed by atoms with van der Waals surface area (Å²) in [7, 11) is 1.69. The normalized spacial score (nSPS) is 10.7. The zero-order chi connectivity index (χ0) is 15.2. The van der Waals surface area contributed by atoms with E-state index in [4.69, 9.17) is 4.74 Å². The summed E-state index contributed by atoms with van der Waals surface area (Å²) in [6.45, 7) is 3.62. The van der Waals surface area contributed by atoms with E-state index in [2.05, 4.69) is 61.2 Å². The summed E-state index contributed by atoms with van der Waals surface area (Å²) < 4.78 is 7.43. The lowest BCUT2D eigenvalue weighted by Gasteiger charge is -2.13. The maximum Gasteiger partial charge on any atom is 0.137 e. The van der Waals surface area contributed by atoms with Gasteiger partial charge in [-0.25, -0.2) is 0 Å². The van der Waals surface area contributed by atoms with Gasteiger partial charge in [0.05, 0.1) is 17.3 Å². The van der Waals surface area contributed by atoms with Crippen LogP contribution < -0.4 is 10.1 Å². The Balaban J connectivity index is 2.07. The van der Waals surface area contributed by atoms with Crippen molar-refractivity contribution in [2.24, 2.45) is 0 Å². The number of hydrogen-bond acceptors (Lipinski definition) is 3. The third-order valence-electron chi connectivity index (χ3n) is 3.26. The molecule has 112 valence electrons. The summed E-state index contributed by atoms with van der Waals surface area (Å²) in [5, 5.41) is 3.44. The predicted octanol–water partition coefficient (Wildman–Crippen LogP) is 4.47. The molecular weight excluding hydrogens is 396 g/mol. The summed E-state index contributed by atoms with van der Waals surface area (Å²) >= 11 is 7.03. The number of aryl methyl sites for hydroxylation is 1. The fourth-order valence-electron chi connectivity index (χ4n) is 2.24. The predicted molar refractivity (Wildman–Crippen MR) is 92.6 cm³/mol. The Morgan fingerprint density at radius 1 is 1.19 bits per heavy atom. The Morgan fingerprint density at radius 3 is 2.71 bits per heavy atom. The summed E-state index contributed by atoms with van der Waals surface area (Å²) in [5.41, 5.74) is 3.49. The first-order chi connectivity index (χ1) is 10.2. The highest BCUT2D eigenvalue weighted by atomic mass is 79.9. The Hall–Kier alpha value is -0.910. The molecule has 3 nitrogen and oxygen atoms in total. The van der Waals surface area contributed by atoms with Crippen LogP contribution in [0.4, 0.5) is 0 Å². The highest BCUT2D eigenvalue weighted by Crippen LogP contribution is 2.32. The van der Waals surface area contributed by atoms with E-state index in [-0.39, 0.29) is 0 Å². The second-order valence-corrected chi connectivity index (χ2v) is 6.42. The minimum absolute atomic E-state index is 0.723. The molecular formula is C16H18Br2N2O. The van der Waals surface area contributed by atoms with Crippen molar-refractivity contribution in [1.82, 2.24) is 10.3 Å². The summed E-state index contributed by atoms with van der Waals surface area (Å²) in [6, 6.07) is 8.16. The fraction of sp³-hybridized carbons (Fsp3) is 0.312. The van der Waals surface area contributed by atoms with Crippen LogP contribution in [0.2, 0.25) is 0 Å². The standard InChI is InChI=1S/C16H18Br2N2O/c1-3-11-5-4-6-20-15(11)10-19-9-12-7-13(17)8-14(18)16(12)21-2/h4-8,19H,3,9-10H2,1-2H3. The topological polar surface area (TPSA) is 34.2 Å². The smallest absolute Gasteiger partial charge is 0.137 e. The molecule has 1 heterocycles. The van der Waals surface area contributed by atoms with Gasteiger partial charge in [-0.15, -0.1) is 0 Å². The molecule has 1 aromatic heterocycles. The molecule has 0 saturated heterocycles. The molecule has 0 saturated carbocycles. The highest BCUT2D eigenvalue weighted by molar-refractivity contribution is 9.11. The van der Waals surface area contributed by atoms with Crippen LogP contribution in [-0.4, -0.2) is 12.1 Å². The molecule has 2 aromatic rings. The molecule has 0 aliphatic rings. The van der Waals surface area contributed by atoms with Crippen LogP contribution in [0.5, 0.6) is 5.75 Å². The third kappa shape index (κ3) is 4.28. The largest absolute Gasteiger partial charge is 0.495 e. The van der Waals surface area contributed by atoms with Gasteiger partial charge in [-0.05, 0) is 46.1 Å². The lowest BCUT2D eigenvalue weighted by molar-refractivity contribution is 0.404. The van der Waals surface area contributed by atoms with Crippen molar-refractivity contribution in [1.29, 1.82) is 0 Å². The van der Waals surface area contributed by atoms with Gasteiger partial charge in [0.15, 0.2) is 0 Å². The number of pyridine rings is 1. The van der Waals surface area contributed by atoms with Gasteiger partial charge in [-0.1, -0.05) is 28.9 Å². The van der Waals surface area contributed by atoms with E-state index >= 15 is 0 Å². The lowest BCUT2D eigenvalue weighted by atomic mass is 10.1. The minimum atomic E-state index is 0.723. The van der Waals surface area contributed by atoms with Gasteiger partial charge in [0.1, 0.15) is 5.75 Å². The van der Waals surface area contributed by atoms with Gasteiger partial charge in [0.25, 0.3) is 0 Å². The van der Waals surface area contributed by atoms with E-state index in [0.717, 1.165) is 45.5 Å². The average Bonchev–Trinajstić information content (AvgIpc) is 2.47. The lowest BCUT2D eigenvalue weighted by Crippen LogP contribution is -2.15. The number of halogens is 2. The van der Waals surface area contributed by atoms with Crippen molar-refractivity contribution < 1.29 is 4.74 Å². The quantitative estimate of drug-likeness (QED) is 0.758. The molecule has 0 unspecified atom stereocenters. The minimum Gasteiger partial charge on any atom is -0.495 e. The SMILES string of the molecule is CCc1cccnc1CNCc1cc(Br)cc(Br)c1OC. The molecule has 0 radical (unpaired) electrons. The maximum atomic E-state index is 5.46. The first-order valence-corrected chi connectivity index (χ1v) is 8.39. The highest BCUT2D eigenvalue weighted by Gasteiger charge is 2.09. The molecule has 21 heavy (non-hydrogen) atoms. The van der Waals surface area contributed by atoms with E-state index in [1.54, 1.807) is 7.11 Å². The van der Waals surface area contributed by atoms with Crippen molar-refractivity contribution >= 4 is 31.9 Å². The average molecular weight is 414 g/mol. The van der Waals surface area contributed by atoms with Gasteiger partial charge < -0.3 is 10.1 Å². The van der Waals surface area contributed by atoms with Gasteiger partial charge in [-0.3, -0.25) is 4.98 Å². The number of aromatic nitrogens is 1. The van der Waals surface area contributed by atoms with Crippen LogP contribution in [-0.2, 0) is 19.5 Å². The van der Waals surface area contributed by atoms with E-state index < -0.39 is 0 Å². The van der Waals surface area contributed by atoms with E-state index in [0.29, 0.717) is 0 Å². The maximum absolute atomic E-state index is 5.46.